The Kier molecular flexibility index (Phi) is 4.47. The summed E-state index contributed by atoms with van der Waals surface area (Å²) in [6.45, 7) is 0.961. The molecule has 0 bridgehead atoms. The molecule has 2 rings (SSSR count). The maximum atomic E-state index is 12.5. The van der Waals surface area contributed by atoms with Crippen molar-refractivity contribution in [1.29, 1.82) is 0 Å². The number of carboxylic acids is 1. The second-order valence-corrected chi connectivity index (χ2v) is 5.48. The van der Waals surface area contributed by atoms with E-state index in [1.165, 1.54) is 11.8 Å². The first-order chi connectivity index (χ1) is 9.13. The van der Waals surface area contributed by atoms with Crippen LogP contribution in [-0.4, -0.2) is 41.2 Å². The lowest BCUT2D eigenvalue weighted by Crippen LogP contribution is -2.42. The second-order valence-electron chi connectivity index (χ2n) is 4.63. The van der Waals surface area contributed by atoms with Crippen LogP contribution < -0.4 is 0 Å². The van der Waals surface area contributed by atoms with Crippen LogP contribution in [0.1, 0.15) is 23.2 Å². The van der Waals surface area contributed by atoms with Gasteiger partial charge in [-0.3, -0.25) is 9.59 Å². The minimum atomic E-state index is -0.810. The average Bonchev–Trinajstić information content (AvgIpc) is 2.46. The summed E-state index contributed by atoms with van der Waals surface area (Å²) < 4.78 is 0. The Morgan fingerprint density at radius 2 is 2.11 bits per heavy atom. The lowest BCUT2D eigenvalue weighted by Gasteiger charge is -2.31. The molecule has 1 amide bonds. The quantitative estimate of drug-likeness (QED) is 0.863. The van der Waals surface area contributed by atoms with Crippen LogP contribution in [0.5, 0.6) is 0 Å². The topological polar surface area (TPSA) is 57.6 Å². The number of carbonyl (C=O) groups is 2. The van der Waals surface area contributed by atoms with Crippen LogP contribution in [0.3, 0.4) is 0 Å². The third-order valence-electron chi connectivity index (χ3n) is 3.40. The Morgan fingerprint density at radius 3 is 2.79 bits per heavy atom. The fourth-order valence-electron chi connectivity index (χ4n) is 2.35. The van der Waals surface area contributed by atoms with Crippen molar-refractivity contribution in [2.75, 3.05) is 19.3 Å². The Bertz CT molecular complexity index is 489. The molecule has 5 heteroatoms. The summed E-state index contributed by atoms with van der Waals surface area (Å²) >= 11 is 1.53. The third kappa shape index (κ3) is 3.10. The molecule has 1 N–H and O–H groups in total. The smallest absolute Gasteiger partial charge is 0.308 e. The minimum absolute atomic E-state index is 0.0594. The van der Waals surface area contributed by atoms with E-state index in [0.717, 1.165) is 11.3 Å². The summed E-state index contributed by atoms with van der Waals surface area (Å²) in [7, 11) is 0. The maximum absolute atomic E-state index is 12.5. The zero-order chi connectivity index (χ0) is 13.8. The van der Waals surface area contributed by atoms with Crippen LogP contribution in [0.25, 0.3) is 0 Å². The summed E-state index contributed by atoms with van der Waals surface area (Å²) in [5.41, 5.74) is 0.668. The number of benzene rings is 1. The van der Waals surface area contributed by atoms with Gasteiger partial charge in [-0.2, -0.15) is 0 Å². The van der Waals surface area contributed by atoms with Gasteiger partial charge >= 0.3 is 5.97 Å². The number of thioether (sulfide) groups is 1. The molecule has 0 spiro atoms. The Labute approximate surface area is 116 Å². The molecule has 1 atom stereocenters. The van der Waals surface area contributed by atoms with E-state index in [9.17, 15) is 9.59 Å². The van der Waals surface area contributed by atoms with Crippen LogP contribution in [-0.2, 0) is 4.79 Å². The van der Waals surface area contributed by atoms with E-state index in [0.29, 0.717) is 25.1 Å². The van der Waals surface area contributed by atoms with E-state index in [-0.39, 0.29) is 5.91 Å². The fourth-order valence-corrected chi connectivity index (χ4v) is 2.94. The highest BCUT2D eigenvalue weighted by Gasteiger charge is 2.29. The summed E-state index contributed by atoms with van der Waals surface area (Å²) in [4.78, 5) is 26.1. The lowest BCUT2D eigenvalue weighted by molar-refractivity contribution is -0.143. The summed E-state index contributed by atoms with van der Waals surface area (Å²) in [6, 6.07) is 7.46. The fraction of sp³-hybridized carbons (Fsp3) is 0.429. The highest BCUT2D eigenvalue weighted by Crippen LogP contribution is 2.24. The van der Waals surface area contributed by atoms with Crippen molar-refractivity contribution in [3.63, 3.8) is 0 Å². The molecule has 1 fully saturated rings. The SMILES string of the molecule is CSc1ccccc1C(=O)N1CCC[C@@H](C(=O)O)C1. The van der Waals surface area contributed by atoms with Gasteiger partial charge < -0.3 is 10.0 Å². The molecular formula is C14H17NO3S. The molecule has 0 saturated carbocycles. The largest absolute Gasteiger partial charge is 0.481 e. The first-order valence-electron chi connectivity index (χ1n) is 6.28. The highest BCUT2D eigenvalue weighted by molar-refractivity contribution is 7.98. The normalized spacial score (nSPS) is 19.2. The average molecular weight is 279 g/mol. The van der Waals surface area contributed by atoms with Gasteiger partial charge in [0.15, 0.2) is 0 Å². The van der Waals surface area contributed by atoms with E-state index < -0.39 is 11.9 Å². The lowest BCUT2D eigenvalue weighted by atomic mass is 9.97. The van der Waals surface area contributed by atoms with E-state index in [4.69, 9.17) is 5.11 Å². The zero-order valence-electron chi connectivity index (χ0n) is 10.8. The standard InChI is InChI=1S/C14H17NO3S/c1-19-12-7-3-2-6-11(12)13(16)15-8-4-5-10(9-15)14(17)18/h2-3,6-7,10H,4-5,8-9H2,1H3,(H,17,18)/t10-/m1/s1. The molecule has 102 valence electrons. The maximum Gasteiger partial charge on any atom is 0.308 e. The first kappa shape index (κ1) is 13.9. The van der Waals surface area contributed by atoms with E-state index in [1.54, 1.807) is 11.0 Å². The Balaban J connectivity index is 2.17. The number of hydrogen-bond acceptors (Lipinski definition) is 3. The summed E-state index contributed by atoms with van der Waals surface area (Å²) in [5.74, 6) is -1.30. The molecule has 1 saturated heterocycles. The van der Waals surface area contributed by atoms with Crippen LogP contribution in [0, 0.1) is 5.92 Å². The number of carboxylic acid groups (broad SMARTS) is 1. The number of nitrogens with zero attached hydrogens (tertiary/aromatic N) is 1. The van der Waals surface area contributed by atoms with Crippen LogP contribution >= 0.6 is 11.8 Å². The second kappa shape index (κ2) is 6.10. The van der Waals surface area contributed by atoms with E-state index in [2.05, 4.69) is 0 Å². The first-order valence-corrected chi connectivity index (χ1v) is 7.51. The molecular weight excluding hydrogens is 262 g/mol. The molecule has 1 aliphatic rings. The van der Waals surface area contributed by atoms with Gasteiger partial charge in [0.25, 0.3) is 5.91 Å². The zero-order valence-corrected chi connectivity index (χ0v) is 11.7. The van der Waals surface area contributed by atoms with Crippen molar-refractivity contribution in [1.82, 2.24) is 4.90 Å². The number of hydrogen-bond donors (Lipinski definition) is 1. The van der Waals surface area contributed by atoms with Crippen molar-refractivity contribution in [2.45, 2.75) is 17.7 Å². The molecule has 4 nitrogen and oxygen atoms in total. The molecule has 1 aromatic carbocycles. The predicted octanol–water partition coefficient (Wildman–Crippen LogP) is 2.35. The van der Waals surface area contributed by atoms with Gasteiger partial charge in [0.05, 0.1) is 11.5 Å². The number of aliphatic carboxylic acids is 1. The number of rotatable bonds is 3. The molecule has 1 aliphatic heterocycles. The monoisotopic (exact) mass is 279 g/mol. The van der Waals surface area contributed by atoms with Gasteiger partial charge in [0.2, 0.25) is 0 Å². The Hall–Kier alpha value is -1.49. The van der Waals surface area contributed by atoms with Gasteiger partial charge in [0.1, 0.15) is 0 Å². The van der Waals surface area contributed by atoms with Crippen molar-refractivity contribution in [3.8, 4) is 0 Å². The summed E-state index contributed by atoms with van der Waals surface area (Å²) in [6.07, 6.45) is 3.34. The van der Waals surface area contributed by atoms with Crippen LogP contribution in [0.4, 0.5) is 0 Å². The van der Waals surface area contributed by atoms with Gasteiger partial charge in [-0.05, 0) is 31.2 Å². The van der Waals surface area contributed by atoms with Crippen LogP contribution in [0.15, 0.2) is 29.2 Å². The van der Waals surface area contributed by atoms with Crippen molar-refractivity contribution >= 4 is 23.6 Å². The van der Waals surface area contributed by atoms with Gasteiger partial charge in [-0.25, -0.2) is 0 Å². The molecule has 19 heavy (non-hydrogen) atoms. The molecule has 1 heterocycles. The number of likely N-dealkylation sites (tertiary alicyclic amines) is 1. The summed E-state index contributed by atoms with van der Waals surface area (Å²) in [5, 5.41) is 9.07. The third-order valence-corrected chi connectivity index (χ3v) is 4.19. The molecule has 0 radical (unpaired) electrons. The predicted molar refractivity (Wildman–Crippen MR) is 74.5 cm³/mol. The molecule has 0 unspecified atom stereocenters. The molecule has 1 aromatic rings. The molecule has 0 aromatic heterocycles. The van der Waals surface area contributed by atoms with E-state index >= 15 is 0 Å². The number of carbonyl (C=O) groups excluding carboxylic acids is 1. The van der Waals surface area contributed by atoms with Crippen molar-refractivity contribution in [3.05, 3.63) is 29.8 Å². The Morgan fingerprint density at radius 1 is 1.37 bits per heavy atom. The minimum Gasteiger partial charge on any atom is -0.481 e. The number of piperidine rings is 1. The van der Waals surface area contributed by atoms with Gasteiger partial charge in [-0.1, -0.05) is 12.1 Å². The van der Waals surface area contributed by atoms with Crippen molar-refractivity contribution < 1.29 is 14.7 Å². The molecule has 0 aliphatic carbocycles. The van der Waals surface area contributed by atoms with Crippen LogP contribution in [0.2, 0.25) is 0 Å². The van der Waals surface area contributed by atoms with E-state index in [1.807, 2.05) is 24.5 Å². The van der Waals surface area contributed by atoms with Gasteiger partial charge in [0, 0.05) is 18.0 Å². The van der Waals surface area contributed by atoms with Crippen molar-refractivity contribution in [2.24, 2.45) is 5.92 Å². The van der Waals surface area contributed by atoms with Gasteiger partial charge in [-0.15, -0.1) is 11.8 Å². The highest BCUT2D eigenvalue weighted by atomic mass is 32.2. The number of amides is 1.